The molecule has 2 rings (SSSR count). The van der Waals surface area contributed by atoms with E-state index in [1.165, 1.54) is 55.5 Å². The summed E-state index contributed by atoms with van der Waals surface area (Å²) in [5.74, 6) is -1.29. The summed E-state index contributed by atoms with van der Waals surface area (Å²) in [4.78, 5) is 34.0. The first-order valence-corrected chi connectivity index (χ1v) is 8.40. The van der Waals surface area contributed by atoms with Crippen LogP contribution in [-0.4, -0.2) is 22.9 Å². The molecule has 27 heavy (non-hydrogen) atoms. The zero-order valence-electron chi connectivity index (χ0n) is 14.0. The summed E-state index contributed by atoms with van der Waals surface area (Å²) in [6, 6.07) is 10.1. The molecule has 0 saturated carbocycles. The second-order valence-electron chi connectivity index (χ2n) is 5.41. The molecule has 0 saturated heterocycles. The van der Waals surface area contributed by atoms with Crippen LogP contribution >= 0.6 is 23.2 Å². The van der Waals surface area contributed by atoms with Crippen molar-refractivity contribution in [1.29, 1.82) is 0 Å². The number of nitrogens with zero attached hydrogens (tertiary/aromatic N) is 1. The Hall–Kier alpha value is -2.90. The van der Waals surface area contributed by atoms with Crippen molar-refractivity contribution < 1.29 is 19.2 Å². The van der Waals surface area contributed by atoms with Crippen LogP contribution in [0.25, 0.3) is 6.08 Å². The Labute approximate surface area is 164 Å². The average molecular weight is 409 g/mol. The number of ether oxygens (including phenoxy) is 1. The second kappa shape index (κ2) is 9.16. The van der Waals surface area contributed by atoms with Crippen LogP contribution in [0.3, 0.4) is 0 Å². The lowest BCUT2D eigenvalue weighted by Crippen LogP contribution is -2.29. The van der Waals surface area contributed by atoms with E-state index < -0.39 is 22.9 Å². The minimum atomic E-state index is -1.06. The third-order valence-corrected chi connectivity index (χ3v) is 3.74. The lowest BCUT2D eigenvalue weighted by atomic mass is 10.2. The molecule has 0 unspecified atom stereocenters. The highest BCUT2D eigenvalue weighted by molar-refractivity contribution is 6.35. The largest absolute Gasteiger partial charge is 0.449 e. The zero-order chi connectivity index (χ0) is 20.0. The molecule has 0 aliphatic rings. The smallest absolute Gasteiger partial charge is 0.331 e. The van der Waals surface area contributed by atoms with Gasteiger partial charge in [-0.3, -0.25) is 14.9 Å². The van der Waals surface area contributed by atoms with Gasteiger partial charge in [0.15, 0.2) is 6.10 Å². The molecule has 140 valence electrons. The number of amides is 1. The van der Waals surface area contributed by atoms with Gasteiger partial charge in [-0.05, 0) is 48.9 Å². The second-order valence-corrected chi connectivity index (χ2v) is 6.28. The summed E-state index contributed by atoms with van der Waals surface area (Å²) in [6.07, 6.45) is 1.49. The van der Waals surface area contributed by atoms with Crippen molar-refractivity contribution in [2.45, 2.75) is 13.0 Å². The van der Waals surface area contributed by atoms with Crippen molar-refractivity contribution in [1.82, 2.24) is 0 Å². The SMILES string of the molecule is C[C@@H](OC(=O)/C=C/c1ccc([N+](=O)[O-])cc1)C(=O)Nc1cc(Cl)cc(Cl)c1. The summed E-state index contributed by atoms with van der Waals surface area (Å²) in [5, 5.41) is 13.8. The van der Waals surface area contributed by atoms with E-state index in [9.17, 15) is 19.7 Å². The molecule has 0 spiro atoms. The van der Waals surface area contributed by atoms with Crippen molar-refractivity contribution in [2.24, 2.45) is 0 Å². The molecule has 0 bridgehead atoms. The van der Waals surface area contributed by atoms with Crippen LogP contribution in [0.2, 0.25) is 10.0 Å². The lowest BCUT2D eigenvalue weighted by molar-refractivity contribution is -0.384. The first kappa shape index (κ1) is 20.4. The van der Waals surface area contributed by atoms with Crippen LogP contribution in [0.15, 0.2) is 48.5 Å². The molecule has 1 atom stereocenters. The van der Waals surface area contributed by atoms with E-state index in [-0.39, 0.29) is 5.69 Å². The molecule has 1 amide bonds. The molecule has 0 fully saturated rings. The molecule has 2 aromatic carbocycles. The van der Waals surface area contributed by atoms with Gasteiger partial charge in [-0.2, -0.15) is 0 Å². The number of halogens is 2. The standard InChI is InChI=1S/C18H14Cl2N2O5/c1-11(18(24)21-15-9-13(19)8-14(20)10-15)27-17(23)7-4-12-2-5-16(6-3-12)22(25)26/h2-11H,1H3,(H,21,24)/b7-4+/t11-/m1/s1. The minimum absolute atomic E-state index is 0.0545. The van der Waals surface area contributed by atoms with Gasteiger partial charge < -0.3 is 10.1 Å². The third kappa shape index (κ3) is 6.40. The Morgan fingerprint density at radius 1 is 1.15 bits per heavy atom. The number of carbonyl (C=O) groups is 2. The number of nitro groups is 1. The third-order valence-electron chi connectivity index (χ3n) is 3.31. The molecule has 9 heteroatoms. The number of benzene rings is 2. The zero-order valence-corrected chi connectivity index (χ0v) is 15.5. The summed E-state index contributed by atoms with van der Waals surface area (Å²) < 4.78 is 5.02. The van der Waals surface area contributed by atoms with Crippen molar-refractivity contribution >= 4 is 52.5 Å². The van der Waals surface area contributed by atoms with E-state index in [0.717, 1.165) is 6.08 Å². The fourth-order valence-electron chi connectivity index (χ4n) is 2.01. The Kier molecular flexibility index (Phi) is 6.92. The van der Waals surface area contributed by atoms with Gasteiger partial charge in [-0.15, -0.1) is 0 Å². The van der Waals surface area contributed by atoms with Crippen molar-refractivity contribution in [3.8, 4) is 0 Å². The van der Waals surface area contributed by atoms with Crippen LogP contribution in [0.1, 0.15) is 12.5 Å². The Morgan fingerprint density at radius 2 is 1.74 bits per heavy atom. The number of nitro benzene ring substituents is 1. The van der Waals surface area contributed by atoms with E-state index in [2.05, 4.69) is 5.32 Å². The molecule has 0 aliphatic carbocycles. The molecular weight excluding hydrogens is 395 g/mol. The van der Waals surface area contributed by atoms with Gasteiger partial charge in [0.2, 0.25) is 0 Å². The molecule has 0 aromatic heterocycles. The highest BCUT2D eigenvalue weighted by Gasteiger charge is 2.17. The number of hydrogen-bond donors (Lipinski definition) is 1. The van der Waals surface area contributed by atoms with E-state index in [4.69, 9.17) is 27.9 Å². The predicted octanol–water partition coefficient (Wildman–Crippen LogP) is 4.49. The van der Waals surface area contributed by atoms with Crippen LogP contribution in [0.5, 0.6) is 0 Å². The van der Waals surface area contributed by atoms with Crippen molar-refractivity contribution in [2.75, 3.05) is 5.32 Å². The quantitative estimate of drug-likeness (QED) is 0.328. The summed E-state index contributed by atoms with van der Waals surface area (Å²) in [7, 11) is 0. The van der Waals surface area contributed by atoms with E-state index >= 15 is 0 Å². The fraction of sp³-hybridized carbons (Fsp3) is 0.111. The Bertz CT molecular complexity index is 877. The molecule has 1 N–H and O–H groups in total. The maximum absolute atomic E-state index is 12.1. The van der Waals surface area contributed by atoms with Crippen LogP contribution in [0.4, 0.5) is 11.4 Å². The number of anilines is 1. The monoisotopic (exact) mass is 408 g/mol. The number of non-ortho nitro benzene ring substituents is 1. The average Bonchev–Trinajstić information content (AvgIpc) is 2.59. The molecule has 0 heterocycles. The topological polar surface area (TPSA) is 98.5 Å². The first-order chi connectivity index (χ1) is 12.7. The van der Waals surface area contributed by atoms with E-state index in [0.29, 0.717) is 21.3 Å². The Balaban J connectivity index is 1.91. The van der Waals surface area contributed by atoms with Gasteiger partial charge in [-0.1, -0.05) is 23.2 Å². The van der Waals surface area contributed by atoms with Crippen molar-refractivity contribution in [3.63, 3.8) is 0 Å². The first-order valence-electron chi connectivity index (χ1n) is 7.64. The van der Waals surface area contributed by atoms with Gasteiger partial charge in [0.25, 0.3) is 11.6 Å². The highest BCUT2D eigenvalue weighted by Crippen LogP contribution is 2.22. The maximum Gasteiger partial charge on any atom is 0.331 e. The van der Waals surface area contributed by atoms with Gasteiger partial charge in [-0.25, -0.2) is 4.79 Å². The lowest BCUT2D eigenvalue weighted by Gasteiger charge is -2.12. The summed E-state index contributed by atoms with van der Waals surface area (Å²) >= 11 is 11.7. The number of rotatable bonds is 6. The van der Waals surface area contributed by atoms with Crippen LogP contribution in [0, 0.1) is 10.1 Å². The number of carbonyl (C=O) groups excluding carboxylic acids is 2. The van der Waals surface area contributed by atoms with Gasteiger partial charge in [0.05, 0.1) is 4.92 Å². The summed E-state index contributed by atoms with van der Waals surface area (Å²) in [5.41, 5.74) is 0.895. The molecular formula is C18H14Cl2N2O5. The van der Waals surface area contributed by atoms with Gasteiger partial charge in [0, 0.05) is 33.9 Å². The highest BCUT2D eigenvalue weighted by atomic mass is 35.5. The van der Waals surface area contributed by atoms with Crippen molar-refractivity contribution in [3.05, 3.63) is 74.3 Å². The molecule has 0 aliphatic heterocycles. The molecule has 2 aromatic rings. The molecule has 0 radical (unpaired) electrons. The minimum Gasteiger partial charge on any atom is -0.449 e. The normalized spacial score (nSPS) is 11.8. The van der Waals surface area contributed by atoms with Crippen LogP contribution in [-0.2, 0) is 14.3 Å². The Morgan fingerprint density at radius 3 is 2.30 bits per heavy atom. The number of hydrogen-bond acceptors (Lipinski definition) is 5. The molecule has 7 nitrogen and oxygen atoms in total. The van der Waals surface area contributed by atoms with E-state index in [1.54, 1.807) is 0 Å². The van der Waals surface area contributed by atoms with E-state index in [1.807, 2.05) is 0 Å². The summed E-state index contributed by atoms with van der Waals surface area (Å²) in [6.45, 7) is 1.42. The predicted molar refractivity (Wildman–Crippen MR) is 103 cm³/mol. The maximum atomic E-state index is 12.1. The number of esters is 1. The van der Waals surface area contributed by atoms with Gasteiger partial charge >= 0.3 is 5.97 Å². The van der Waals surface area contributed by atoms with Gasteiger partial charge in [0.1, 0.15) is 0 Å². The fourth-order valence-corrected chi connectivity index (χ4v) is 2.53. The number of nitrogens with one attached hydrogen (secondary N) is 1. The van der Waals surface area contributed by atoms with Crippen LogP contribution < -0.4 is 5.32 Å².